The van der Waals surface area contributed by atoms with E-state index >= 15 is 0 Å². The summed E-state index contributed by atoms with van der Waals surface area (Å²) in [6.07, 6.45) is 3.41. The van der Waals surface area contributed by atoms with Crippen LogP contribution in [0.5, 0.6) is 0 Å². The maximum Gasteiger partial charge on any atom is 0.315 e. The van der Waals surface area contributed by atoms with E-state index in [1.807, 2.05) is 11.8 Å². The first-order chi connectivity index (χ1) is 8.20. The number of fused-ring (bicyclic) bond motifs is 1. The molecule has 96 valence electrons. The number of unbranched alkanes of at least 4 members (excludes halogenated alkanes) is 1. The molecule has 0 aromatic heterocycles. The van der Waals surface area contributed by atoms with Gasteiger partial charge in [0.05, 0.1) is 19.2 Å². The lowest BCUT2D eigenvalue weighted by molar-refractivity contribution is -0.140. The van der Waals surface area contributed by atoms with Crippen LogP contribution in [0.3, 0.4) is 0 Å². The van der Waals surface area contributed by atoms with Crippen LogP contribution in [-0.4, -0.2) is 42.2 Å². The van der Waals surface area contributed by atoms with Gasteiger partial charge in [-0.05, 0) is 12.8 Å². The number of esters is 1. The van der Waals surface area contributed by atoms with Gasteiger partial charge >= 0.3 is 12.0 Å². The number of amides is 2. The highest BCUT2D eigenvalue weighted by Crippen LogP contribution is 2.33. The van der Waals surface area contributed by atoms with E-state index in [2.05, 4.69) is 15.4 Å². The van der Waals surface area contributed by atoms with Gasteiger partial charge in [0.15, 0.2) is 0 Å². The Labute approximate surface area is 105 Å². The molecule has 2 N–H and O–H groups in total. The van der Waals surface area contributed by atoms with Crippen molar-refractivity contribution in [3.05, 3.63) is 0 Å². The highest BCUT2D eigenvalue weighted by atomic mass is 32.2. The summed E-state index contributed by atoms with van der Waals surface area (Å²) in [4.78, 5) is 22.1. The molecular weight excluding hydrogens is 240 g/mol. The van der Waals surface area contributed by atoms with Crippen LogP contribution in [0, 0.1) is 0 Å². The molecule has 5 nitrogen and oxygen atoms in total. The summed E-state index contributed by atoms with van der Waals surface area (Å²) in [7, 11) is 1.42. The fourth-order valence-electron chi connectivity index (χ4n) is 2.36. The average molecular weight is 258 g/mol. The highest BCUT2D eigenvalue weighted by molar-refractivity contribution is 8.00. The van der Waals surface area contributed by atoms with Crippen LogP contribution in [0.25, 0.3) is 0 Å². The first-order valence-corrected chi connectivity index (χ1v) is 7.01. The Bertz CT molecular complexity index is 311. The van der Waals surface area contributed by atoms with Crippen LogP contribution in [0.4, 0.5) is 4.79 Å². The van der Waals surface area contributed by atoms with Crippen LogP contribution >= 0.6 is 11.8 Å². The predicted molar refractivity (Wildman–Crippen MR) is 66.0 cm³/mol. The maximum atomic E-state index is 11.2. The minimum Gasteiger partial charge on any atom is -0.469 e. The van der Waals surface area contributed by atoms with E-state index in [9.17, 15) is 9.59 Å². The maximum absolute atomic E-state index is 11.2. The Kier molecular flexibility index (Phi) is 4.15. The Hall–Kier alpha value is -0.910. The molecule has 2 aliphatic rings. The van der Waals surface area contributed by atoms with E-state index in [4.69, 9.17) is 0 Å². The standard InChI is InChI=1S/C11H18N2O3S/c1-16-9(14)5-3-2-4-8-10-7(6-17-8)12-11(15)13-10/h7-8,10H,2-6H2,1H3,(H2,12,13,15)/t7-,8-,10+/m0/s1. The molecule has 2 rings (SSSR count). The molecule has 0 bridgehead atoms. The third-order valence-corrected chi connectivity index (χ3v) is 4.79. The molecule has 3 atom stereocenters. The van der Waals surface area contributed by atoms with E-state index in [0.29, 0.717) is 11.7 Å². The largest absolute Gasteiger partial charge is 0.469 e. The van der Waals surface area contributed by atoms with Gasteiger partial charge in [0.2, 0.25) is 0 Å². The van der Waals surface area contributed by atoms with Gasteiger partial charge in [-0.25, -0.2) is 4.79 Å². The third-order valence-electron chi connectivity index (χ3n) is 3.29. The second-order valence-corrected chi connectivity index (χ2v) is 5.72. The van der Waals surface area contributed by atoms with Crippen molar-refractivity contribution >= 4 is 23.8 Å². The van der Waals surface area contributed by atoms with Crippen molar-refractivity contribution in [3.63, 3.8) is 0 Å². The number of methoxy groups -OCH3 is 1. The summed E-state index contributed by atoms with van der Waals surface area (Å²) in [6, 6.07) is 0.517. The zero-order valence-corrected chi connectivity index (χ0v) is 10.7. The summed E-state index contributed by atoms with van der Waals surface area (Å²) >= 11 is 1.91. The Morgan fingerprint density at radius 1 is 1.47 bits per heavy atom. The van der Waals surface area contributed by atoms with E-state index in [1.165, 1.54) is 7.11 Å². The van der Waals surface area contributed by atoms with Crippen LogP contribution in [0.1, 0.15) is 25.7 Å². The molecule has 2 aliphatic heterocycles. The number of thioether (sulfide) groups is 1. The fourth-order valence-corrected chi connectivity index (χ4v) is 3.90. The quantitative estimate of drug-likeness (QED) is 0.436. The molecular formula is C11H18N2O3S. The minimum absolute atomic E-state index is 0.0418. The lowest BCUT2D eigenvalue weighted by Gasteiger charge is -2.16. The Morgan fingerprint density at radius 3 is 3.06 bits per heavy atom. The van der Waals surface area contributed by atoms with Gasteiger partial charge in [-0.1, -0.05) is 6.42 Å². The number of rotatable bonds is 5. The average Bonchev–Trinajstić information content (AvgIpc) is 2.84. The molecule has 0 aromatic rings. The van der Waals surface area contributed by atoms with Gasteiger partial charge in [-0.2, -0.15) is 11.8 Å². The second-order valence-electron chi connectivity index (χ2n) is 4.44. The van der Waals surface area contributed by atoms with Gasteiger partial charge in [0.1, 0.15) is 0 Å². The number of nitrogens with one attached hydrogen (secondary N) is 2. The normalized spacial score (nSPS) is 30.6. The van der Waals surface area contributed by atoms with Crippen molar-refractivity contribution in [3.8, 4) is 0 Å². The second kappa shape index (κ2) is 5.62. The van der Waals surface area contributed by atoms with Crippen molar-refractivity contribution in [2.24, 2.45) is 0 Å². The van der Waals surface area contributed by atoms with Gasteiger partial charge < -0.3 is 15.4 Å². The SMILES string of the molecule is COC(=O)CCCC[C@@H]1SC[C@@H]2NC(=O)N[C@H]21. The van der Waals surface area contributed by atoms with Crippen molar-refractivity contribution < 1.29 is 14.3 Å². The van der Waals surface area contributed by atoms with Crippen LogP contribution < -0.4 is 10.6 Å². The van der Waals surface area contributed by atoms with Gasteiger partial charge in [0.25, 0.3) is 0 Å². The van der Waals surface area contributed by atoms with Gasteiger partial charge in [-0.15, -0.1) is 0 Å². The van der Waals surface area contributed by atoms with Crippen LogP contribution in [0.2, 0.25) is 0 Å². The number of hydrogen-bond donors (Lipinski definition) is 2. The first kappa shape index (κ1) is 12.5. The van der Waals surface area contributed by atoms with Gasteiger partial charge in [0, 0.05) is 17.4 Å². The Morgan fingerprint density at radius 2 is 2.29 bits per heavy atom. The molecule has 0 aromatic carbocycles. The number of hydrogen-bond acceptors (Lipinski definition) is 4. The monoisotopic (exact) mass is 258 g/mol. The van der Waals surface area contributed by atoms with E-state index in [-0.39, 0.29) is 24.1 Å². The molecule has 0 spiro atoms. The number of ether oxygens (including phenoxy) is 1. The molecule has 0 radical (unpaired) electrons. The van der Waals surface area contributed by atoms with Crippen LogP contribution in [0.15, 0.2) is 0 Å². The molecule has 2 fully saturated rings. The zero-order valence-electron chi connectivity index (χ0n) is 9.90. The fraction of sp³-hybridized carbons (Fsp3) is 0.818. The molecule has 6 heteroatoms. The summed E-state index contributed by atoms with van der Waals surface area (Å²) in [5.41, 5.74) is 0. The summed E-state index contributed by atoms with van der Waals surface area (Å²) in [5.74, 6) is 0.850. The molecule has 2 saturated heterocycles. The molecule has 0 unspecified atom stereocenters. The van der Waals surface area contributed by atoms with Crippen molar-refractivity contribution in [2.45, 2.75) is 43.0 Å². The lowest BCUT2D eigenvalue weighted by Crippen LogP contribution is -2.36. The first-order valence-electron chi connectivity index (χ1n) is 5.96. The zero-order chi connectivity index (χ0) is 12.3. The molecule has 2 amide bonds. The number of carbonyl (C=O) groups is 2. The molecule has 0 aliphatic carbocycles. The number of carbonyl (C=O) groups excluding carboxylic acids is 2. The van der Waals surface area contributed by atoms with Crippen molar-refractivity contribution in [2.75, 3.05) is 12.9 Å². The van der Waals surface area contributed by atoms with E-state index < -0.39 is 0 Å². The number of urea groups is 1. The molecule has 0 saturated carbocycles. The molecule has 2 heterocycles. The van der Waals surface area contributed by atoms with Crippen molar-refractivity contribution in [1.82, 2.24) is 10.6 Å². The third kappa shape index (κ3) is 3.06. The van der Waals surface area contributed by atoms with Crippen LogP contribution in [-0.2, 0) is 9.53 Å². The summed E-state index contributed by atoms with van der Waals surface area (Å²) in [6.45, 7) is 0. The minimum atomic E-state index is -0.141. The van der Waals surface area contributed by atoms with Crippen molar-refractivity contribution in [1.29, 1.82) is 0 Å². The van der Waals surface area contributed by atoms with E-state index in [0.717, 1.165) is 25.0 Å². The van der Waals surface area contributed by atoms with Gasteiger partial charge in [-0.3, -0.25) is 4.79 Å². The predicted octanol–water partition coefficient (Wildman–Crippen LogP) is 0.885. The summed E-state index contributed by atoms with van der Waals surface area (Å²) < 4.78 is 4.59. The lowest BCUT2D eigenvalue weighted by atomic mass is 10.0. The smallest absolute Gasteiger partial charge is 0.315 e. The van der Waals surface area contributed by atoms with E-state index in [1.54, 1.807) is 0 Å². The highest BCUT2D eigenvalue weighted by Gasteiger charge is 2.42. The Balaban J connectivity index is 1.66. The topological polar surface area (TPSA) is 67.4 Å². The molecule has 17 heavy (non-hydrogen) atoms. The summed E-state index contributed by atoms with van der Waals surface area (Å²) in [5, 5.41) is 6.37.